The van der Waals surface area contributed by atoms with Crippen LogP contribution in [0, 0.1) is 12.8 Å². The van der Waals surface area contributed by atoms with Crippen LogP contribution in [0.3, 0.4) is 0 Å². The van der Waals surface area contributed by atoms with Gasteiger partial charge >= 0.3 is 0 Å². The number of rotatable bonds is 7. The predicted molar refractivity (Wildman–Crippen MR) is 96.4 cm³/mol. The van der Waals surface area contributed by atoms with Crippen molar-refractivity contribution in [2.45, 2.75) is 19.8 Å². The molecule has 112 valence electrons. The standard InChI is InChI=1S/C18H20Br2O/c1-14-5-2-3-6-16(14)11-15(13-19)9-10-21-18-8-4-7-17(20)12-18/h2-8,12,15H,9-11,13H2,1H3. The van der Waals surface area contributed by atoms with E-state index in [2.05, 4.69) is 63.0 Å². The van der Waals surface area contributed by atoms with E-state index in [9.17, 15) is 0 Å². The minimum atomic E-state index is 0.596. The maximum absolute atomic E-state index is 5.84. The van der Waals surface area contributed by atoms with Gasteiger partial charge in [-0.25, -0.2) is 0 Å². The number of hydrogen-bond acceptors (Lipinski definition) is 1. The SMILES string of the molecule is Cc1ccccc1CC(CBr)CCOc1cccc(Br)c1. The van der Waals surface area contributed by atoms with Gasteiger partial charge in [0.1, 0.15) is 5.75 Å². The highest BCUT2D eigenvalue weighted by molar-refractivity contribution is 9.10. The maximum Gasteiger partial charge on any atom is 0.120 e. The van der Waals surface area contributed by atoms with Crippen LogP contribution in [-0.2, 0) is 6.42 Å². The second-order valence-electron chi connectivity index (χ2n) is 5.25. The van der Waals surface area contributed by atoms with E-state index in [1.54, 1.807) is 0 Å². The fourth-order valence-corrected chi connectivity index (χ4v) is 3.22. The van der Waals surface area contributed by atoms with Crippen molar-refractivity contribution in [2.75, 3.05) is 11.9 Å². The second-order valence-corrected chi connectivity index (χ2v) is 6.81. The molecule has 0 radical (unpaired) electrons. The van der Waals surface area contributed by atoms with Gasteiger partial charge in [-0.2, -0.15) is 0 Å². The monoisotopic (exact) mass is 410 g/mol. The highest BCUT2D eigenvalue weighted by atomic mass is 79.9. The molecule has 0 amide bonds. The molecule has 0 N–H and O–H groups in total. The van der Waals surface area contributed by atoms with Gasteiger partial charge in [0.25, 0.3) is 0 Å². The van der Waals surface area contributed by atoms with Crippen molar-refractivity contribution in [1.82, 2.24) is 0 Å². The molecule has 2 aromatic carbocycles. The lowest BCUT2D eigenvalue weighted by atomic mass is 9.95. The number of alkyl halides is 1. The van der Waals surface area contributed by atoms with Crippen LogP contribution in [0.4, 0.5) is 0 Å². The third kappa shape index (κ3) is 5.48. The van der Waals surface area contributed by atoms with Crippen molar-refractivity contribution in [3.05, 3.63) is 64.1 Å². The Morgan fingerprint density at radius 1 is 1.10 bits per heavy atom. The molecule has 3 heteroatoms. The fourth-order valence-electron chi connectivity index (χ4n) is 2.28. The fraction of sp³-hybridized carbons (Fsp3) is 0.333. The summed E-state index contributed by atoms with van der Waals surface area (Å²) >= 11 is 7.09. The van der Waals surface area contributed by atoms with Crippen LogP contribution in [0.1, 0.15) is 17.5 Å². The number of aryl methyl sites for hydroxylation is 1. The van der Waals surface area contributed by atoms with Gasteiger partial charge in [-0.05, 0) is 55.0 Å². The van der Waals surface area contributed by atoms with Crippen molar-refractivity contribution in [3.8, 4) is 5.75 Å². The molecule has 0 saturated heterocycles. The first kappa shape index (κ1) is 16.6. The van der Waals surface area contributed by atoms with Crippen molar-refractivity contribution in [3.63, 3.8) is 0 Å². The van der Waals surface area contributed by atoms with Crippen LogP contribution in [0.15, 0.2) is 53.0 Å². The molecule has 2 rings (SSSR count). The molecule has 0 saturated carbocycles. The molecular formula is C18H20Br2O. The van der Waals surface area contributed by atoms with Crippen molar-refractivity contribution in [1.29, 1.82) is 0 Å². The van der Waals surface area contributed by atoms with Crippen molar-refractivity contribution < 1.29 is 4.74 Å². The molecule has 2 aromatic rings. The molecule has 1 nitrogen and oxygen atoms in total. The van der Waals surface area contributed by atoms with E-state index in [0.29, 0.717) is 5.92 Å². The predicted octanol–water partition coefficient (Wildman–Crippen LogP) is 5.78. The molecule has 0 fully saturated rings. The van der Waals surface area contributed by atoms with E-state index in [0.717, 1.165) is 35.0 Å². The summed E-state index contributed by atoms with van der Waals surface area (Å²) in [4.78, 5) is 0. The van der Waals surface area contributed by atoms with Gasteiger partial charge in [-0.1, -0.05) is 62.2 Å². The highest BCUT2D eigenvalue weighted by Gasteiger charge is 2.10. The van der Waals surface area contributed by atoms with Crippen LogP contribution in [0.25, 0.3) is 0 Å². The van der Waals surface area contributed by atoms with E-state index < -0.39 is 0 Å². The van der Waals surface area contributed by atoms with Gasteiger partial charge in [0, 0.05) is 9.80 Å². The van der Waals surface area contributed by atoms with Crippen LogP contribution in [-0.4, -0.2) is 11.9 Å². The number of ether oxygens (including phenoxy) is 1. The van der Waals surface area contributed by atoms with Crippen LogP contribution in [0.5, 0.6) is 5.75 Å². The summed E-state index contributed by atoms with van der Waals surface area (Å²) in [5.41, 5.74) is 2.81. The van der Waals surface area contributed by atoms with Gasteiger partial charge in [0.05, 0.1) is 6.61 Å². The summed E-state index contributed by atoms with van der Waals surface area (Å²) in [5, 5.41) is 1.00. The second kappa shape index (κ2) is 8.60. The molecule has 0 bridgehead atoms. The minimum absolute atomic E-state index is 0.596. The molecule has 0 aliphatic carbocycles. The Hall–Kier alpha value is -0.800. The summed E-state index contributed by atoms with van der Waals surface area (Å²) in [5.74, 6) is 1.52. The molecule has 0 aromatic heterocycles. The quantitative estimate of drug-likeness (QED) is 0.524. The summed E-state index contributed by atoms with van der Waals surface area (Å²) in [7, 11) is 0. The molecule has 21 heavy (non-hydrogen) atoms. The van der Waals surface area contributed by atoms with Gasteiger partial charge in [0.15, 0.2) is 0 Å². The lowest BCUT2D eigenvalue weighted by molar-refractivity contribution is 0.285. The van der Waals surface area contributed by atoms with Crippen LogP contribution >= 0.6 is 31.9 Å². The number of halogens is 2. The van der Waals surface area contributed by atoms with E-state index in [1.165, 1.54) is 11.1 Å². The first-order valence-corrected chi connectivity index (χ1v) is 9.09. The zero-order valence-electron chi connectivity index (χ0n) is 12.2. The van der Waals surface area contributed by atoms with Gasteiger partial charge in [-0.15, -0.1) is 0 Å². The third-order valence-electron chi connectivity index (χ3n) is 3.58. The minimum Gasteiger partial charge on any atom is -0.494 e. The molecule has 0 aliphatic heterocycles. The topological polar surface area (TPSA) is 9.23 Å². The Labute approximate surface area is 144 Å². The Morgan fingerprint density at radius 3 is 2.62 bits per heavy atom. The normalized spacial score (nSPS) is 12.1. The molecule has 0 heterocycles. The Kier molecular flexibility index (Phi) is 6.78. The lowest BCUT2D eigenvalue weighted by Gasteiger charge is -2.16. The molecule has 0 spiro atoms. The zero-order chi connectivity index (χ0) is 15.1. The first-order chi connectivity index (χ1) is 10.2. The highest BCUT2D eigenvalue weighted by Crippen LogP contribution is 2.20. The molecule has 0 aliphatic rings. The number of hydrogen-bond donors (Lipinski definition) is 0. The Morgan fingerprint density at radius 2 is 1.90 bits per heavy atom. The van der Waals surface area contributed by atoms with Gasteiger partial charge < -0.3 is 4.74 Å². The van der Waals surface area contributed by atoms with E-state index in [-0.39, 0.29) is 0 Å². The Balaban J connectivity index is 1.84. The van der Waals surface area contributed by atoms with E-state index in [1.807, 2.05) is 24.3 Å². The number of benzene rings is 2. The third-order valence-corrected chi connectivity index (χ3v) is 4.99. The first-order valence-electron chi connectivity index (χ1n) is 7.18. The van der Waals surface area contributed by atoms with Crippen molar-refractivity contribution >= 4 is 31.9 Å². The molecule has 1 atom stereocenters. The average molecular weight is 412 g/mol. The molecular weight excluding hydrogens is 392 g/mol. The van der Waals surface area contributed by atoms with Crippen LogP contribution < -0.4 is 4.74 Å². The van der Waals surface area contributed by atoms with E-state index >= 15 is 0 Å². The molecule has 1 unspecified atom stereocenters. The largest absolute Gasteiger partial charge is 0.494 e. The maximum atomic E-state index is 5.84. The summed E-state index contributed by atoms with van der Waals surface area (Å²) in [6.07, 6.45) is 2.14. The summed E-state index contributed by atoms with van der Waals surface area (Å²) in [6, 6.07) is 16.6. The smallest absolute Gasteiger partial charge is 0.120 e. The van der Waals surface area contributed by atoms with Crippen LogP contribution in [0.2, 0.25) is 0 Å². The van der Waals surface area contributed by atoms with E-state index in [4.69, 9.17) is 4.74 Å². The van der Waals surface area contributed by atoms with Gasteiger partial charge in [0.2, 0.25) is 0 Å². The summed E-state index contributed by atoms with van der Waals surface area (Å²) < 4.78 is 6.89. The zero-order valence-corrected chi connectivity index (χ0v) is 15.4. The van der Waals surface area contributed by atoms with Gasteiger partial charge in [-0.3, -0.25) is 0 Å². The average Bonchev–Trinajstić information content (AvgIpc) is 2.48. The van der Waals surface area contributed by atoms with Crippen molar-refractivity contribution in [2.24, 2.45) is 5.92 Å². The Bertz CT molecular complexity index is 569. The lowest BCUT2D eigenvalue weighted by Crippen LogP contribution is -2.12. The summed E-state index contributed by atoms with van der Waals surface area (Å²) in [6.45, 7) is 2.93.